The lowest BCUT2D eigenvalue weighted by Gasteiger charge is -2.39. The van der Waals surface area contributed by atoms with E-state index < -0.39 is 0 Å². The van der Waals surface area contributed by atoms with E-state index >= 15 is 0 Å². The molecule has 0 amide bonds. The summed E-state index contributed by atoms with van der Waals surface area (Å²) in [4.78, 5) is 14.6. The second kappa shape index (κ2) is 6.72. The van der Waals surface area contributed by atoms with Crippen LogP contribution in [0.25, 0.3) is 0 Å². The highest BCUT2D eigenvalue weighted by Gasteiger charge is 2.27. The molecule has 0 atom stereocenters. The minimum atomic E-state index is 0.0480. The van der Waals surface area contributed by atoms with Crippen molar-refractivity contribution in [3.8, 4) is 0 Å². The van der Waals surface area contributed by atoms with E-state index in [1.165, 1.54) is 0 Å². The first-order valence-corrected chi connectivity index (χ1v) is 9.65. The number of rotatable bonds is 5. The third-order valence-corrected chi connectivity index (χ3v) is 5.73. The Kier molecular flexibility index (Phi) is 4.45. The molecule has 0 aromatic carbocycles. The number of hydrogen-bond donors (Lipinski definition) is 0. The van der Waals surface area contributed by atoms with Crippen LogP contribution >= 0.6 is 11.8 Å². The SMILES string of the molecule is Cc1cc(CCN2CC(Cn3nc4c(cc3=O)CSCC4)C2)on1. The Bertz CT molecular complexity index is 779. The molecule has 24 heavy (non-hydrogen) atoms. The van der Waals surface area contributed by atoms with Gasteiger partial charge in [-0.3, -0.25) is 4.79 Å². The summed E-state index contributed by atoms with van der Waals surface area (Å²) in [5.41, 5.74) is 3.23. The Morgan fingerprint density at radius 2 is 2.25 bits per heavy atom. The van der Waals surface area contributed by atoms with Crippen LogP contribution in [0.4, 0.5) is 0 Å². The van der Waals surface area contributed by atoms with Crippen LogP contribution in [0, 0.1) is 12.8 Å². The van der Waals surface area contributed by atoms with Gasteiger partial charge in [0.1, 0.15) is 5.76 Å². The molecule has 0 saturated carbocycles. The van der Waals surface area contributed by atoms with E-state index in [0.717, 1.165) is 73.2 Å². The van der Waals surface area contributed by atoms with Crippen LogP contribution < -0.4 is 5.56 Å². The van der Waals surface area contributed by atoms with Crippen LogP contribution in [0.1, 0.15) is 22.7 Å². The van der Waals surface area contributed by atoms with Crippen LogP contribution in [-0.4, -0.2) is 45.2 Å². The van der Waals surface area contributed by atoms with E-state index in [1.807, 2.05) is 24.8 Å². The van der Waals surface area contributed by atoms with Crippen molar-refractivity contribution in [1.29, 1.82) is 0 Å². The first-order chi connectivity index (χ1) is 11.7. The van der Waals surface area contributed by atoms with Gasteiger partial charge >= 0.3 is 0 Å². The van der Waals surface area contributed by atoms with Crippen LogP contribution in [0.2, 0.25) is 0 Å². The van der Waals surface area contributed by atoms with Crippen LogP contribution in [0.15, 0.2) is 21.5 Å². The number of fused-ring (bicyclic) bond motifs is 1. The molecule has 0 N–H and O–H groups in total. The predicted octanol–water partition coefficient (Wildman–Crippen LogP) is 1.50. The maximum Gasteiger partial charge on any atom is 0.267 e. The van der Waals surface area contributed by atoms with E-state index in [2.05, 4.69) is 15.2 Å². The van der Waals surface area contributed by atoms with Gasteiger partial charge in [0.2, 0.25) is 0 Å². The van der Waals surface area contributed by atoms with Gasteiger partial charge in [0.25, 0.3) is 5.56 Å². The summed E-state index contributed by atoms with van der Waals surface area (Å²) >= 11 is 1.88. The molecule has 2 aliphatic rings. The number of aromatic nitrogens is 3. The van der Waals surface area contributed by atoms with Gasteiger partial charge in [0.15, 0.2) is 0 Å². The molecule has 2 aliphatic heterocycles. The van der Waals surface area contributed by atoms with E-state index in [-0.39, 0.29) is 5.56 Å². The highest BCUT2D eigenvalue weighted by atomic mass is 32.2. The topological polar surface area (TPSA) is 64.2 Å². The van der Waals surface area contributed by atoms with E-state index in [9.17, 15) is 4.79 Å². The summed E-state index contributed by atoms with van der Waals surface area (Å²) in [6.45, 7) is 5.70. The van der Waals surface area contributed by atoms with E-state index in [4.69, 9.17) is 4.52 Å². The van der Waals surface area contributed by atoms with Gasteiger partial charge in [-0.05, 0) is 18.2 Å². The molecule has 4 rings (SSSR count). The molecule has 1 saturated heterocycles. The lowest BCUT2D eigenvalue weighted by Crippen LogP contribution is -2.50. The fourth-order valence-corrected chi connectivity index (χ4v) is 4.36. The molecule has 1 fully saturated rings. The number of likely N-dealkylation sites (tertiary alicyclic amines) is 1. The van der Waals surface area contributed by atoms with Crippen LogP contribution in [0.3, 0.4) is 0 Å². The zero-order chi connectivity index (χ0) is 16.5. The van der Waals surface area contributed by atoms with Gasteiger partial charge in [-0.2, -0.15) is 16.9 Å². The van der Waals surface area contributed by atoms with Gasteiger partial charge in [-0.1, -0.05) is 5.16 Å². The highest BCUT2D eigenvalue weighted by Crippen LogP contribution is 2.22. The third kappa shape index (κ3) is 3.42. The fraction of sp³-hybridized carbons (Fsp3) is 0.588. The minimum Gasteiger partial charge on any atom is -0.361 e. The Morgan fingerprint density at radius 1 is 1.38 bits per heavy atom. The van der Waals surface area contributed by atoms with Crippen molar-refractivity contribution in [2.24, 2.45) is 5.92 Å². The molecule has 4 heterocycles. The maximum atomic E-state index is 12.2. The van der Waals surface area contributed by atoms with Crippen molar-refractivity contribution >= 4 is 11.8 Å². The molecule has 2 aromatic rings. The van der Waals surface area contributed by atoms with E-state index in [0.29, 0.717) is 5.92 Å². The average molecular weight is 346 g/mol. The van der Waals surface area contributed by atoms with Crippen molar-refractivity contribution in [2.75, 3.05) is 25.4 Å². The predicted molar refractivity (Wildman–Crippen MR) is 93.2 cm³/mol. The first kappa shape index (κ1) is 15.9. The number of thioether (sulfide) groups is 1. The smallest absolute Gasteiger partial charge is 0.267 e. The van der Waals surface area contributed by atoms with Crippen molar-refractivity contribution in [1.82, 2.24) is 19.8 Å². The number of nitrogens with zero attached hydrogens (tertiary/aromatic N) is 4. The lowest BCUT2D eigenvalue weighted by atomic mass is 10.00. The Morgan fingerprint density at radius 3 is 3.04 bits per heavy atom. The molecule has 0 spiro atoms. The molecule has 0 aliphatic carbocycles. The molecule has 0 bridgehead atoms. The molecule has 7 heteroatoms. The molecular weight excluding hydrogens is 324 g/mol. The highest BCUT2D eigenvalue weighted by molar-refractivity contribution is 7.98. The van der Waals surface area contributed by atoms with Crippen molar-refractivity contribution in [3.63, 3.8) is 0 Å². The molecule has 0 radical (unpaired) electrons. The maximum absolute atomic E-state index is 12.2. The summed E-state index contributed by atoms with van der Waals surface area (Å²) in [5.74, 6) is 3.50. The van der Waals surface area contributed by atoms with E-state index in [1.54, 1.807) is 10.7 Å². The van der Waals surface area contributed by atoms with Gasteiger partial charge < -0.3 is 9.42 Å². The molecule has 128 valence electrons. The van der Waals surface area contributed by atoms with Crippen molar-refractivity contribution < 1.29 is 4.52 Å². The minimum absolute atomic E-state index is 0.0480. The van der Waals surface area contributed by atoms with Gasteiger partial charge in [0, 0.05) is 56.3 Å². The number of hydrogen-bond acceptors (Lipinski definition) is 6. The summed E-state index contributed by atoms with van der Waals surface area (Å²) in [6.07, 6.45) is 1.87. The average Bonchev–Trinajstić information content (AvgIpc) is 2.95. The van der Waals surface area contributed by atoms with Crippen LogP contribution in [0.5, 0.6) is 0 Å². The Balaban J connectivity index is 1.29. The quantitative estimate of drug-likeness (QED) is 0.818. The largest absolute Gasteiger partial charge is 0.361 e. The van der Waals surface area contributed by atoms with Crippen molar-refractivity contribution in [3.05, 3.63) is 45.2 Å². The third-order valence-electron chi connectivity index (χ3n) is 4.72. The van der Waals surface area contributed by atoms with Crippen molar-refractivity contribution in [2.45, 2.75) is 32.1 Å². The Labute approximate surface area is 145 Å². The van der Waals surface area contributed by atoms with Gasteiger partial charge in [0.05, 0.1) is 17.9 Å². The monoisotopic (exact) mass is 346 g/mol. The molecule has 6 nitrogen and oxygen atoms in total. The first-order valence-electron chi connectivity index (χ1n) is 8.49. The molecule has 2 aromatic heterocycles. The van der Waals surface area contributed by atoms with Crippen LogP contribution in [-0.2, 0) is 25.1 Å². The zero-order valence-electron chi connectivity index (χ0n) is 13.9. The Hall–Kier alpha value is -1.60. The second-order valence-electron chi connectivity index (χ2n) is 6.75. The lowest BCUT2D eigenvalue weighted by molar-refractivity contribution is 0.0834. The second-order valence-corrected chi connectivity index (χ2v) is 7.85. The summed E-state index contributed by atoms with van der Waals surface area (Å²) in [5, 5.41) is 8.52. The normalized spacial score (nSPS) is 18.4. The van der Waals surface area contributed by atoms with Gasteiger partial charge in [-0.15, -0.1) is 0 Å². The fourth-order valence-electron chi connectivity index (χ4n) is 3.41. The molecular formula is C17H22N4O2S. The number of aryl methyl sites for hydroxylation is 2. The van der Waals surface area contributed by atoms with Gasteiger partial charge in [-0.25, -0.2) is 4.68 Å². The zero-order valence-corrected chi connectivity index (χ0v) is 14.7. The molecule has 0 unspecified atom stereocenters. The standard InChI is InChI=1S/C17H22N4O2S/c1-12-6-15(23-19-12)2-4-20-8-13(9-20)10-21-17(22)7-14-11-24-5-3-16(14)18-21/h6-7,13H,2-5,8-11H2,1H3. The summed E-state index contributed by atoms with van der Waals surface area (Å²) < 4.78 is 6.92. The summed E-state index contributed by atoms with van der Waals surface area (Å²) in [6, 6.07) is 3.78. The summed E-state index contributed by atoms with van der Waals surface area (Å²) in [7, 11) is 0.